The van der Waals surface area contributed by atoms with Crippen LogP contribution in [0.1, 0.15) is 43.2 Å². The van der Waals surface area contributed by atoms with Crippen LogP contribution in [0.25, 0.3) is 98.5 Å². The number of nitrogens with zero attached hydrogens (tertiary/aromatic N) is 3. The summed E-state index contributed by atoms with van der Waals surface area (Å²) in [6, 6.07) is 55.3. The maximum Gasteiger partial charge on any atom is 0.164 e. The summed E-state index contributed by atoms with van der Waals surface area (Å²) in [4.78, 5) is 15.7. The fraction of sp³-hybridized carbons (Fsp3) is 0.182. The Balaban J connectivity index is 0.954. The number of rotatable bonds is 4. The number of para-hydroxylation sites is 2. The molecule has 10 aromatic rings. The molecular formula is C55H39N3OS. The lowest BCUT2D eigenvalue weighted by atomic mass is 9.43. The fourth-order valence-corrected chi connectivity index (χ4v) is 13.8. The van der Waals surface area contributed by atoms with Crippen LogP contribution in [0, 0.1) is 23.7 Å². The van der Waals surface area contributed by atoms with E-state index < -0.39 is 0 Å². The summed E-state index contributed by atoms with van der Waals surface area (Å²) in [5, 5.41) is 4.91. The second kappa shape index (κ2) is 12.3. The molecule has 4 fully saturated rings. The molecule has 5 aliphatic carbocycles. The van der Waals surface area contributed by atoms with E-state index in [9.17, 15) is 0 Å². The van der Waals surface area contributed by atoms with Gasteiger partial charge >= 0.3 is 0 Å². The Labute approximate surface area is 351 Å². The van der Waals surface area contributed by atoms with E-state index in [1.807, 2.05) is 17.4 Å². The van der Waals surface area contributed by atoms with Crippen LogP contribution in [0.4, 0.5) is 0 Å². The van der Waals surface area contributed by atoms with Crippen molar-refractivity contribution in [2.75, 3.05) is 0 Å². The highest BCUT2D eigenvalue weighted by atomic mass is 32.1. The van der Waals surface area contributed by atoms with Crippen molar-refractivity contribution in [3.8, 4) is 56.4 Å². The predicted octanol–water partition coefficient (Wildman–Crippen LogP) is 14.5. The highest BCUT2D eigenvalue weighted by Gasteiger charge is 2.61. The molecule has 0 saturated heterocycles. The second-order valence-electron chi connectivity index (χ2n) is 18.0. The molecule has 4 nitrogen and oxygen atoms in total. The Morgan fingerprint density at radius 2 is 1.08 bits per heavy atom. The minimum atomic E-state index is 0.00746. The number of furan rings is 1. The standard InChI is InChI=1S/C55H39N3OS/c1-2-9-33(10-3-1)52-56-53(58-54(57-52)36-18-21-43-42-12-5-7-16-49(42)60-50(43)30-36)35-19-22-46-45(28-35)40-20-17-34(39-13-8-14-44-41-11-4-6-15-48(41)59-51(39)44)29-47(40)55(46)37-24-31-23-32(26-37)27-38(55)25-31/h1-22,28-32,37-38H,23-27H2. The van der Waals surface area contributed by atoms with Crippen molar-refractivity contribution >= 4 is 53.4 Å². The minimum Gasteiger partial charge on any atom is -0.455 e. The van der Waals surface area contributed by atoms with Gasteiger partial charge in [-0.3, -0.25) is 0 Å². The highest BCUT2D eigenvalue weighted by molar-refractivity contribution is 7.25. The van der Waals surface area contributed by atoms with Crippen molar-refractivity contribution in [2.45, 2.75) is 37.5 Å². The summed E-state index contributed by atoms with van der Waals surface area (Å²) in [6.07, 6.45) is 6.75. The zero-order valence-electron chi connectivity index (χ0n) is 32.9. The van der Waals surface area contributed by atoms with E-state index in [1.54, 1.807) is 0 Å². The number of benzene rings is 7. The molecule has 0 N–H and O–H groups in total. The summed E-state index contributed by atoms with van der Waals surface area (Å²) in [6.45, 7) is 0. The van der Waals surface area contributed by atoms with Gasteiger partial charge in [0.2, 0.25) is 0 Å². The van der Waals surface area contributed by atoms with E-state index in [0.717, 1.165) is 39.7 Å². The Hall–Kier alpha value is -6.43. The molecule has 286 valence electrons. The molecule has 7 aromatic carbocycles. The minimum absolute atomic E-state index is 0.00746. The van der Waals surface area contributed by atoms with Crippen LogP contribution in [0.5, 0.6) is 0 Å². The highest BCUT2D eigenvalue weighted by Crippen LogP contribution is 2.69. The molecule has 4 saturated carbocycles. The average Bonchev–Trinajstić information content (AvgIpc) is 3.96. The van der Waals surface area contributed by atoms with Crippen molar-refractivity contribution in [1.82, 2.24) is 15.0 Å². The molecule has 1 spiro atoms. The Morgan fingerprint density at radius 3 is 1.90 bits per heavy atom. The van der Waals surface area contributed by atoms with E-state index in [4.69, 9.17) is 19.4 Å². The van der Waals surface area contributed by atoms with Gasteiger partial charge in [0.05, 0.1) is 0 Å². The van der Waals surface area contributed by atoms with E-state index in [0.29, 0.717) is 29.3 Å². The quantitative estimate of drug-likeness (QED) is 0.178. The molecule has 3 heterocycles. The third-order valence-corrected chi connectivity index (χ3v) is 16.1. The molecule has 60 heavy (non-hydrogen) atoms. The Bertz CT molecular complexity index is 3390. The first-order chi connectivity index (χ1) is 29.7. The van der Waals surface area contributed by atoms with Gasteiger partial charge in [-0.25, -0.2) is 15.0 Å². The van der Waals surface area contributed by atoms with Gasteiger partial charge < -0.3 is 4.42 Å². The third-order valence-electron chi connectivity index (χ3n) is 14.9. The predicted molar refractivity (Wildman–Crippen MR) is 245 cm³/mol. The van der Waals surface area contributed by atoms with Gasteiger partial charge in [-0.1, -0.05) is 121 Å². The molecule has 0 radical (unpaired) electrons. The molecule has 5 heteroatoms. The lowest BCUT2D eigenvalue weighted by molar-refractivity contribution is -0.0399. The van der Waals surface area contributed by atoms with Crippen LogP contribution in [0.2, 0.25) is 0 Å². The summed E-state index contributed by atoms with van der Waals surface area (Å²) in [5.41, 5.74) is 13.1. The first kappa shape index (κ1) is 33.4. The molecule has 3 aromatic heterocycles. The van der Waals surface area contributed by atoms with Crippen LogP contribution < -0.4 is 0 Å². The molecule has 0 aliphatic heterocycles. The maximum absolute atomic E-state index is 6.61. The molecule has 0 atom stereocenters. The van der Waals surface area contributed by atoms with Crippen molar-refractivity contribution in [3.63, 3.8) is 0 Å². The van der Waals surface area contributed by atoms with Crippen LogP contribution >= 0.6 is 11.3 Å². The number of hydrogen-bond acceptors (Lipinski definition) is 5. The molecular weight excluding hydrogens is 751 g/mol. The van der Waals surface area contributed by atoms with Gasteiger partial charge in [-0.15, -0.1) is 11.3 Å². The van der Waals surface area contributed by atoms with E-state index >= 15 is 0 Å². The zero-order valence-corrected chi connectivity index (χ0v) is 33.8. The number of fused-ring (bicyclic) bond motifs is 9. The number of thiophene rings is 1. The Morgan fingerprint density at radius 1 is 0.433 bits per heavy atom. The first-order valence-electron chi connectivity index (χ1n) is 21.6. The van der Waals surface area contributed by atoms with Gasteiger partial charge in [0, 0.05) is 58.6 Å². The van der Waals surface area contributed by atoms with Crippen LogP contribution in [-0.2, 0) is 5.41 Å². The second-order valence-corrected chi connectivity index (χ2v) is 19.0. The summed E-state index contributed by atoms with van der Waals surface area (Å²) >= 11 is 1.82. The van der Waals surface area contributed by atoms with Gasteiger partial charge in [0.1, 0.15) is 11.2 Å². The van der Waals surface area contributed by atoms with Gasteiger partial charge in [-0.05, 0) is 114 Å². The molecule has 0 amide bonds. The molecule has 0 unspecified atom stereocenters. The number of hydrogen-bond donors (Lipinski definition) is 0. The van der Waals surface area contributed by atoms with Gasteiger partial charge in [0.25, 0.3) is 0 Å². The summed E-state index contributed by atoms with van der Waals surface area (Å²) in [5.74, 6) is 5.12. The van der Waals surface area contributed by atoms with Crippen molar-refractivity contribution in [2.24, 2.45) is 23.7 Å². The normalized spacial score (nSPS) is 22.4. The van der Waals surface area contributed by atoms with Crippen molar-refractivity contribution in [3.05, 3.63) is 163 Å². The van der Waals surface area contributed by atoms with Crippen LogP contribution in [0.3, 0.4) is 0 Å². The monoisotopic (exact) mass is 789 g/mol. The average molecular weight is 790 g/mol. The number of aromatic nitrogens is 3. The van der Waals surface area contributed by atoms with Gasteiger partial charge in [0.15, 0.2) is 17.5 Å². The molecule has 5 aliphatic rings. The Kier molecular flexibility index (Phi) is 6.85. The van der Waals surface area contributed by atoms with E-state index in [1.165, 1.54) is 96.4 Å². The van der Waals surface area contributed by atoms with Crippen LogP contribution in [-0.4, -0.2) is 15.0 Å². The third kappa shape index (κ3) is 4.64. The van der Waals surface area contributed by atoms with E-state index in [-0.39, 0.29) is 5.41 Å². The lowest BCUT2D eigenvalue weighted by Crippen LogP contribution is -2.55. The van der Waals surface area contributed by atoms with Crippen molar-refractivity contribution < 1.29 is 4.42 Å². The lowest BCUT2D eigenvalue weighted by Gasteiger charge is -2.61. The maximum atomic E-state index is 6.61. The molecule has 4 bridgehead atoms. The topological polar surface area (TPSA) is 51.8 Å². The summed E-state index contributed by atoms with van der Waals surface area (Å²) in [7, 11) is 0. The van der Waals surface area contributed by atoms with Gasteiger partial charge in [-0.2, -0.15) is 0 Å². The molecule has 15 rings (SSSR count). The van der Waals surface area contributed by atoms with Crippen molar-refractivity contribution in [1.29, 1.82) is 0 Å². The first-order valence-corrected chi connectivity index (χ1v) is 22.4. The van der Waals surface area contributed by atoms with Crippen LogP contribution in [0.15, 0.2) is 156 Å². The zero-order chi connectivity index (χ0) is 39.1. The summed E-state index contributed by atoms with van der Waals surface area (Å²) < 4.78 is 9.15. The van der Waals surface area contributed by atoms with E-state index in [2.05, 4.69) is 146 Å². The largest absolute Gasteiger partial charge is 0.455 e. The fourth-order valence-electron chi connectivity index (χ4n) is 12.7. The SMILES string of the molecule is c1ccc(-c2nc(-c3ccc4c(c3)-c3ccc(-c5cccc6c5oc5ccccc56)cc3C43C4CC5CC(C4)CC3C5)nc(-c3ccc4c(c3)sc3ccccc34)n2)cc1. The smallest absolute Gasteiger partial charge is 0.164 e.